The zero-order chi connectivity index (χ0) is 7.23. The van der Waals surface area contributed by atoms with Crippen molar-refractivity contribution in [3.05, 3.63) is 30.6 Å². The van der Waals surface area contributed by atoms with Gasteiger partial charge in [-0.15, -0.1) is 0 Å². The Hall–Kier alpha value is -0.890. The van der Waals surface area contributed by atoms with Crippen molar-refractivity contribution in [1.29, 1.82) is 0 Å². The molecule has 2 rings (SSSR count). The topological polar surface area (TPSA) is 25.4 Å². The van der Waals surface area contributed by atoms with Crippen LogP contribution in [0, 0.1) is 0 Å². The molecule has 1 aliphatic heterocycles. The number of nitrogens with zero attached hydrogens (tertiary/aromatic N) is 1. The molecule has 1 saturated heterocycles. The largest absolute Gasteiger partial charge is 0.373 e. The molecule has 1 unspecified atom stereocenters. The van der Waals surface area contributed by atoms with Crippen molar-refractivity contribution in [2.24, 2.45) is 0 Å². The Morgan fingerprint density at radius 2 is 1.80 bits per heavy atom. The van der Waals surface area contributed by atoms with Crippen molar-refractivity contribution in [1.82, 2.24) is 4.98 Å². The Kier molecular flexibility index (Phi) is 2.90. The van der Waals surface area contributed by atoms with Crippen molar-refractivity contribution in [2.45, 2.75) is 13.0 Å². The van der Waals surface area contributed by atoms with E-state index in [4.69, 9.17) is 4.74 Å². The Morgan fingerprint density at radius 1 is 1.30 bits per heavy atom. The van der Waals surface area contributed by atoms with E-state index in [-0.39, 0.29) is 0 Å². The third kappa shape index (κ3) is 4.04. The molecular formula is C8H11NO. The molecule has 0 N–H and O–H groups in total. The lowest BCUT2D eigenvalue weighted by Gasteiger charge is -1.70. The van der Waals surface area contributed by atoms with Crippen molar-refractivity contribution in [3.8, 4) is 0 Å². The first-order chi connectivity index (χ1) is 4.89. The maximum atomic E-state index is 4.71. The van der Waals surface area contributed by atoms with Gasteiger partial charge < -0.3 is 4.74 Å². The second-order valence-electron chi connectivity index (χ2n) is 2.17. The summed E-state index contributed by atoms with van der Waals surface area (Å²) >= 11 is 0. The number of aromatic nitrogens is 1. The van der Waals surface area contributed by atoms with E-state index in [1.54, 1.807) is 12.4 Å². The van der Waals surface area contributed by atoms with Crippen LogP contribution in [-0.2, 0) is 4.74 Å². The van der Waals surface area contributed by atoms with Gasteiger partial charge in [0.15, 0.2) is 0 Å². The van der Waals surface area contributed by atoms with Gasteiger partial charge in [-0.2, -0.15) is 0 Å². The first-order valence-corrected chi connectivity index (χ1v) is 3.36. The van der Waals surface area contributed by atoms with E-state index in [9.17, 15) is 0 Å². The van der Waals surface area contributed by atoms with Crippen LogP contribution in [0.15, 0.2) is 30.6 Å². The molecule has 10 heavy (non-hydrogen) atoms. The first kappa shape index (κ1) is 7.22. The van der Waals surface area contributed by atoms with Gasteiger partial charge in [0, 0.05) is 12.4 Å². The van der Waals surface area contributed by atoms with Gasteiger partial charge in [0.2, 0.25) is 0 Å². The SMILES string of the molecule is CC1CO1.c1ccncc1. The first-order valence-electron chi connectivity index (χ1n) is 3.36. The Morgan fingerprint density at radius 3 is 1.90 bits per heavy atom. The smallest absolute Gasteiger partial charge is 0.0781 e. The highest BCUT2D eigenvalue weighted by molar-refractivity contribution is 4.88. The lowest BCUT2D eigenvalue weighted by molar-refractivity contribution is 0.423. The summed E-state index contributed by atoms with van der Waals surface area (Å²) in [7, 11) is 0. The Labute approximate surface area is 60.9 Å². The average molecular weight is 137 g/mol. The van der Waals surface area contributed by atoms with Gasteiger partial charge >= 0.3 is 0 Å². The standard InChI is InChI=1S/C5H5N.C3H6O/c1-2-4-6-5-3-1;1-3-2-4-3/h1-5H;3H,2H2,1H3. The molecule has 1 aliphatic rings. The second-order valence-corrected chi connectivity index (χ2v) is 2.17. The molecule has 0 aliphatic carbocycles. The highest BCUT2D eigenvalue weighted by Crippen LogP contribution is 2.04. The molecule has 0 bridgehead atoms. The predicted octanol–water partition coefficient (Wildman–Crippen LogP) is 1.49. The van der Waals surface area contributed by atoms with E-state index in [1.807, 2.05) is 18.2 Å². The minimum atomic E-state index is 0.583. The Bertz CT molecular complexity index is 133. The zero-order valence-corrected chi connectivity index (χ0v) is 6.03. The zero-order valence-electron chi connectivity index (χ0n) is 6.03. The summed E-state index contributed by atoms with van der Waals surface area (Å²) in [6.07, 6.45) is 4.08. The van der Waals surface area contributed by atoms with E-state index < -0.39 is 0 Å². The van der Waals surface area contributed by atoms with Gasteiger partial charge in [0.05, 0.1) is 12.7 Å². The molecule has 1 fully saturated rings. The summed E-state index contributed by atoms with van der Waals surface area (Å²) < 4.78 is 4.71. The van der Waals surface area contributed by atoms with E-state index in [0.29, 0.717) is 6.10 Å². The number of hydrogen-bond acceptors (Lipinski definition) is 2. The number of epoxide rings is 1. The monoisotopic (exact) mass is 137 g/mol. The van der Waals surface area contributed by atoms with Crippen molar-refractivity contribution < 1.29 is 4.74 Å². The highest BCUT2D eigenvalue weighted by Gasteiger charge is 2.13. The van der Waals surface area contributed by atoms with Crippen LogP contribution in [0.3, 0.4) is 0 Å². The normalized spacial score (nSPS) is 20.7. The fourth-order valence-corrected chi connectivity index (χ4v) is 0.409. The summed E-state index contributed by atoms with van der Waals surface area (Å²) in [4.78, 5) is 3.78. The quantitative estimate of drug-likeness (QED) is 0.506. The van der Waals surface area contributed by atoms with Crippen molar-refractivity contribution in [2.75, 3.05) is 6.61 Å². The van der Waals surface area contributed by atoms with Crippen LogP contribution in [0.1, 0.15) is 6.92 Å². The van der Waals surface area contributed by atoms with Gasteiger partial charge in [0.1, 0.15) is 0 Å². The molecule has 0 radical (unpaired) electrons. The fraction of sp³-hybridized carbons (Fsp3) is 0.375. The molecule has 2 nitrogen and oxygen atoms in total. The Balaban J connectivity index is 0.000000108. The number of rotatable bonds is 0. The molecule has 0 aromatic carbocycles. The van der Waals surface area contributed by atoms with Crippen LogP contribution in [0.5, 0.6) is 0 Å². The molecule has 1 atom stereocenters. The molecule has 1 aromatic heterocycles. The van der Waals surface area contributed by atoms with E-state index in [1.165, 1.54) is 0 Å². The predicted molar refractivity (Wildman–Crippen MR) is 39.7 cm³/mol. The fourth-order valence-electron chi connectivity index (χ4n) is 0.409. The lowest BCUT2D eigenvalue weighted by atomic mass is 10.5. The van der Waals surface area contributed by atoms with Crippen molar-refractivity contribution in [3.63, 3.8) is 0 Å². The van der Waals surface area contributed by atoms with Crippen LogP contribution in [0.4, 0.5) is 0 Å². The van der Waals surface area contributed by atoms with Crippen LogP contribution in [0.2, 0.25) is 0 Å². The van der Waals surface area contributed by atoms with Crippen LogP contribution in [-0.4, -0.2) is 17.7 Å². The van der Waals surface area contributed by atoms with E-state index >= 15 is 0 Å². The number of ether oxygens (including phenoxy) is 1. The maximum Gasteiger partial charge on any atom is 0.0781 e. The summed E-state index contributed by atoms with van der Waals surface area (Å²) in [5.41, 5.74) is 0. The summed E-state index contributed by atoms with van der Waals surface area (Å²) in [5.74, 6) is 0. The second kappa shape index (κ2) is 4.01. The summed E-state index contributed by atoms with van der Waals surface area (Å²) in [6.45, 7) is 3.04. The third-order valence-corrected chi connectivity index (χ3v) is 1.07. The number of hydrogen-bond donors (Lipinski definition) is 0. The molecule has 2 heteroatoms. The van der Waals surface area contributed by atoms with Crippen LogP contribution >= 0.6 is 0 Å². The van der Waals surface area contributed by atoms with Gasteiger partial charge in [-0.1, -0.05) is 6.07 Å². The minimum absolute atomic E-state index is 0.583. The molecule has 0 amide bonds. The van der Waals surface area contributed by atoms with Gasteiger partial charge in [-0.3, -0.25) is 4.98 Å². The maximum absolute atomic E-state index is 4.71. The van der Waals surface area contributed by atoms with Crippen LogP contribution < -0.4 is 0 Å². The molecule has 54 valence electrons. The van der Waals surface area contributed by atoms with Gasteiger partial charge in [-0.25, -0.2) is 0 Å². The van der Waals surface area contributed by atoms with Gasteiger partial charge in [0.25, 0.3) is 0 Å². The average Bonchev–Trinajstić information content (AvgIpc) is 2.77. The third-order valence-electron chi connectivity index (χ3n) is 1.07. The number of pyridine rings is 1. The van der Waals surface area contributed by atoms with E-state index in [2.05, 4.69) is 11.9 Å². The molecule has 1 aromatic rings. The van der Waals surface area contributed by atoms with Crippen molar-refractivity contribution >= 4 is 0 Å². The molecule has 0 spiro atoms. The van der Waals surface area contributed by atoms with E-state index in [0.717, 1.165) is 6.61 Å². The molecule has 0 saturated carbocycles. The van der Waals surface area contributed by atoms with Crippen LogP contribution in [0.25, 0.3) is 0 Å². The highest BCUT2D eigenvalue weighted by atomic mass is 16.6. The summed E-state index contributed by atoms with van der Waals surface area (Å²) in [5, 5.41) is 0. The molecular weight excluding hydrogens is 126 g/mol. The molecule has 2 heterocycles. The summed E-state index contributed by atoms with van der Waals surface area (Å²) in [6, 6.07) is 5.72. The lowest BCUT2D eigenvalue weighted by Crippen LogP contribution is -1.60. The van der Waals surface area contributed by atoms with Gasteiger partial charge in [-0.05, 0) is 19.1 Å². The minimum Gasteiger partial charge on any atom is -0.373 e.